The lowest BCUT2D eigenvalue weighted by molar-refractivity contribution is -0.117. The smallest absolute Gasteiger partial charge is 0.410 e. The van der Waals surface area contributed by atoms with Crippen LogP contribution >= 0.6 is 0 Å². The first-order chi connectivity index (χ1) is 11.8. The summed E-state index contributed by atoms with van der Waals surface area (Å²) < 4.78 is 5.42. The van der Waals surface area contributed by atoms with Gasteiger partial charge in [0.15, 0.2) is 0 Å². The fourth-order valence-electron chi connectivity index (χ4n) is 3.00. The van der Waals surface area contributed by atoms with Gasteiger partial charge in [0, 0.05) is 43.6 Å². The highest BCUT2D eigenvalue weighted by atomic mass is 16.6. The van der Waals surface area contributed by atoms with E-state index in [0.29, 0.717) is 38.4 Å². The second-order valence-corrected chi connectivity index (χ2v) is 7.50. The number of fused-ring (bicyclic) bond motifs is 1. The van der Waals surface area contributed by atoms with Gasteiger partial charge >= 0.3 is 6.09 Å². The number of amides is 2. The fraction of sp³-hybridized carbons (Fsp3) is 0.556. The van der Waals surface area contributed by atoms with Gasteiger partial charge in [0.1, 0.15) is 5.60 Å². The molecule has 1 aromatic heterocycles. The second-order valence-electron chi connectivity index (χ2n) is 7.50. The summed E-state index contributed by atoms with van der Waals surface area (Å²) in [6.07, 6.45) is 4.26. The van der Waals surface area contributed by atoms with Gasteiger partial charge in [0.25, 0.3) is 0 Å². The molecule has 134 valence electrons. The van der Waals surface area contributed by atoms with Crippen molar-refractivity contribution >= 4 is 17.9 Å². The molecule has 0 N–H and O–H groups in total. The van der Waals surface area contributed by atoms with E-state index in [1.807, 2.05) is 20.8 Å². The minimum absolute atomic E-state index is 0.0241. The molecule has 0 bridgehead atoms. The van der Waals surface area contributed by atoms with E-state index >= 15 is 0 Å². The Morgan fingerprint density at radius 3 is 2.84 bits per heavy atom. The Balaban J connectivity index is 1.73. The van der Waals surface area contributed by atoms with Crippen LogP contribution in [-0.2, 0) is 22.5 Å². The number of anilines is 1. The average Bonchev–Trinajstić information content (AvgIpc) is 2.93. The highest BCUT2D eigenvalue weighted by molar-refractivity contribution is 5.94. The molecule has 0 spiro atoms. The van der Waals surface area contributed by atoms with Gasteiger partial charge in [-0.15, -0.1) is 6.58 Å². The Labute approximate surface area is 147 Å². The lowest BCUT2D eigenvalue weighted by atomic mass is 10.1. The van der Waals surface area contributed by atoms with E-state index < -0.39 is 5.60 Å². The number of aromatic nitrogens is 2. The highest BCUT2D eigenvalue weighted by Gasteiger charge is 2.32. The first-order valence-electron chi connectivity index (χ1n) is 8.52. The van der Waals surface area contributed by atoms with Crippen molar-refractivity contribution in [1.82, 2.24) is 14.9 Å². The number of hydrogen-bond acceptors (Lipinski definition) is 5. The van der Waals surface area contributed by atoms with E-state index in [2.05, 4.69) is 16.5 Å². The molecule has 1 unspecified atom stereocenters. The summed E-state index contributed by atoms with van der Waals surface area (Å²) in [4.78, 5) is 36.5. The first kappa shape index (κ1) is 17.4. The van der Waals surface area contributed by atoms with Crippen molar-refractivity contribution in [2.24, 2.45) is 5.92 Å². The zero-order valence-corrected chi connectivity index (χ0v) is 15.0. The standard InChI is InChI=1S/C18H24N4O3/c1-5-12-8-15(23)22(10-12)16-19-9-13-11-21(7-6-14(13)20-16)17(24)25-18(2,3)4/h5,9,12H,1,6-8,10-11H2,2-4H3. The van der Waals surface area contributed by atoms with Crippen LogP contribution in [-0.4, -0.2) is 45.6 Å². The number of rotatable bonds is 2. The molecule has 25 heavy (non-hydrogen) atoms. The molecule has 2 aliphatic heterocycles. The SMILES string of the molecule is C=CC1CC(=O)N(c2ncc3c(n2)CCN(C(=O)OC(C)(C)C)C3)C1. The third-order valence-electron chi connectivity index (χ3n) is 4.30. The normalized spacial score (nSPS) is 20.4. The number of hydrogen-bond donors (Lipinski definition) is 0. The molecular weight excluding hydrogens is 320 g/mol. The number of ether oxygens (including phenoxy) is 1. The predicted molar refractivity (Wildman–Crippen MR) is 93.0 cm³/mol. The molecule has 3 heterocycles. The van der Waals surface area contributed by atoms with Gasteiger partial charge in [0.2, 0.25) is 11.9 Å². The molecule has 2 amide bonds. The maximum Gasteiger partial charge on any atom is 0.410 e. The van der Waals surface area contributed by atoms with Gasteiger partial charge in [-0.05, 0) is 20.8 Å². The van der Waals surface area contributed by atoms with Crippen LogP contribution in [0.5, 0.6) is 0 Å². The van der Waals surface area contributed by atoms with E-state index in [1.165, 1.54) is 0 Å². The van der Waals surface area contributed by atoms with Crippen LogP contribution in [0.1, 0.15) is 38.4 Å². The third kappa shape index (κ3) is 3.81. The van der Waals surface area contributed by atoms with Gasteiger partial charge in [0.05, 0.1) is 12.2 Å². The van der Waals surface area contributed by atoms with Gasteiger partial charge in [-0.2, -0.15) is 0 Å². The van der Waals surface area contributed by atoms with E-state index in [4.69, 9.17) is 4.74 Å². The van der Waals surface area contributed by atoms with E-state index in [-0.39, 0.29) is 17.9 Å². The van der Waals surface area contributed by atoms with Crippen molar-refractivity contribution in [1.29, 1.82) is 0 Å². The minimum atomic E-state index is -0.518. The van der Waals surface area contributed by atoms with Crippen LogP contribution in [0.25, 0.3) is 0 Å². The monoisotopic (exact) mass is 344 g/mol. The maximum absolute atomic E-state index is 12.2. The van der Waals surface area contributed by atoms with Crippen molar-refractivity contribution in [3.8, 4) is 0 Å². The van der Waals surface area contributed by atoms with E-state index in [1.54, 1.807) is 22.1 Å². The van der Waals surface area contributed by atoms with Crippen molar-refractivity contribution in [3.05, 3.63) is 30.1 Å². The molecule has 7 nitrogen and oxygen atoms in total. The first-order valence-corrected chi connectivity index (χ1v) is 8.52. The summed E-state index contributed by atoms with van der Waals surface area (Å²) in [6, 6.07) is 0. The van der Waals surface area contributed by atoms with Crippen molar-refractivity contribution < 1.29 is 14.3 Å². The van der Waals surface area contributed by atoms with Crippen LogP contribution < -0.4 is 4.90 Å². The molecule has 0 aromatic carbocycles. The summed E-state index contributed by atoms with van der Waals surface area (Å²) in [6.45, 7) is 10.8. The second kappa shape index (κ2) is 6.46. The zero-order chi connectivity index (χ0) is 18.2. The van der Waals surface area contributed by atoms with Gasteiger partial charge in [-0.25, -0.2) is 14.8 Å². The van der Waals surface area contributed by atoms with Crippen LogP contribution in [0.4, 0.5) is 10.7 Å². The Hall–Kier alpha value is -2.44. The summed E-state index contributed by atoms with van der Waals surface area (Å²) in [5, 5.41) is 0. The topological polar surface area (TPSA) is 75.6 Å². The predicted octanol–water partition coefficient (Wildman–Crippen LogP) is 2.31. The summed E-state index contributed by atoms with van der Waals surface area (Å²) in [5.41, 5.74) is 1.27. The van der Waals surface area contributed by atoms with Crippen molar-refractivity contribution in [2.45, 2.75) is 45.8 Å². The molecule has 1 atom stereocenters. The average molecular weight is 344 g/mol. The molecule has 1 aromatic rings. The lowest BCUT2D eigenvalue weighted by Gasteiger charge is -2.31. The van der Waals surface area contributed by atoms with Crippen LogP contribution in [0, 0.1) is 5.92 Å². The third-order valence-corrected chi connectivity index (χ3v) is 4.30. The van der Waals surface area contributed by atoms with Crippen molar-refractivity contribution in [2.75, 3.05) is 18.0 Å². The van der Waals surface area contributed by atoms with Crippen LogP contribution in [0.2, 0.25) is 0 Å². The van der Waals surface area contributed by atoms with Gasteiger partial charge in [-0.1, -0.05) is 6.08 Å². The Morgan fingerprint density at radius 1 is 1.44 bits per heavy atom. The molecule has 7 heteroatoms. The quantitative estimate of drug-likeness (QED) is 0.770. The molecule has 0 radical (unpaired) electrons. The Morgan fingerprint density at radius 2 is 2.20 bits per heavy atom. The molecule has 0 aliphatic carbocycles. The summed E-state index contributed by atoms with van der Waals surface area (Å²) in [5.74, 6) is 0.615. The van der Waals surface area contributed by atoms with Gasteiger partial charge < -0.3 is 9.64 Å². The maximum atomic E-state index is 12.2. The molecule has 2 aliphatic rings. The largest absolute Gasteiger partial charge is 0.444 e. The number of nitrogens with zero attached hydrogens (tertiary/aromatic N) is 4. The number of carbonyl (C=O) groups is 2. The van der Waals surface area contributed by atoms with Gasteiger partial charge in [-0.3, -0.25) is 9.69 Å². The molecule has 0 saturated carbocycles. The number of carbonyl (C=O) groups excluding carboxylic acids is 2. The minimum Gasteiger partial charge on any atom is -0.444 e. The Kier molecular flexibility index (Phi) is 4.49. The molecule has 3 rings (SSSR count). The molecule has 1 fully saturated rings. The molecule has 1 saturated heterocycles. The zero-order valence-electron chi connectivity index (χ0n) is 15.0. The lowest BCUT2D eigenvalue weighted by Crippen LogP contribution is -2.40. The van der Waals surface area contributed by atoms with E-state index in [0.717, 1.165) is 11.3 Å². The fourth-order valence-corrected chi connectivity index (χ4v) is 3.00. The highest BCUT2D eigenvalue weighted by Crippen LogP contribution is 2.25. The molecular formula is C18H24N4O3. The van der Waals surface area contributed by atoms with E-state index in [9.17, 15) is 9.59 Å². The van der Waals surface area contributed by atoms with Crippen LogP contribution in [0.15, 0.2) is 18.9 Å². The van der Waals surface area contributed by atoms with Crippen molar-refractivity contribution in [3.63, 3.8) is 0 Å². The van der Waals surface area contributed by atoms with Crippen LogP contribution in [0.3, 0.4) is 0 Å². The summed E-state index contributed by atoms with van der Waals surface area (Å²) in [7, 11) is 0. The Bertz CT molecular complexity index is 711. The summed E-state index contributed by atoms with van der Waals surface area (Å²) >= 11 is 0.